The van der Waals surface area contributed by atoms with Gasteiger partial charge in [-0.25, -0.2) is 0 Å². The maximum atomic E-state index is 10.9. The molecular weight excluding hydrogens is 163 g/mol. The van der Waals surface area contributed by atoms with Crippen molar-refractivity contribution < 1.29 is 14.1 Å². The molecule has 0 aromatic heterocycles. The normalized spacial score (nSPS) is 10.7. The Labute approximate surface area is 67.2 Å². The molecule has 0 rings (SSSR count). The zero-order valence-electron chi connectivity index (χ0n) is 6.36. The first-order valence-corrected chi connectivity index (χ1v) is 4.98. The number of aldehydes is 1. The molecule has 62 valence electrons. The highest BCUT2D eigenvalue weighted by Crippen LogP contribution is 2.20. The quantitative estimate of drug-likeness (QED) is 0.255. The molecule has 0 heterocycles. The Bertz CT molecular complexity index is 145. The van der Waals surface area contributed by atoms with Gasteiger partial charge in [-0.2, -0.15) is 0 Å². The van der Waals surface area contributed by atoms with Crippen LogP contribution in [-0.4, -0.2) is 25.4 Å². The third-order valence-corrected chi connectivity index (χ3v) is 2.19. The van der Waals surface area contributed by atoms with E-state index in [4.69, 9.17) is 4.74 Å². The first kappa shape index (κ1) is 10.5. The first-order chi connectivity index (χ1) is 5.31. The summed E-state index contributed by atoms with van der Waals surface area (Å²) in [6.07, 6.45) is 3.38. The molecule has 0 bridgehead atoms. The molecule has 0 radical (unpaired) electrons. The molecule has 0 aliphatic heterocycles. The van der Waals surface area contributed by atoms with Gasteiger partial charge in [0.2, 0.25) is 6.35 Å². The second-order valence-electron chi connectivity index (χ2n) is 1.95. The molecule has 0 fully saturated rings. The maximum absolute atomic E-state index is 10.9. The van der Waals surface area contributed by atoms with Gasteiger partial charge in [0.05, 0.1) is 6.61 Å². The van der Waals surface area contributed by atoms with E-state index in [1.807, 2.05) is 0 Å². The molecule has 1 atom stereocenters. The van der Waals surface area contributed by atoms with Crippen LogP contribution in [-0.2, 0) is 14.1 Å². The molecule has 0 amide bonds. The van der Waals surface area contributed by atoms with Gasteiger partial charge in [-0.1, -0.05) is 10.6 Å². The Morgan fingerprint density at radius 1 is 1.55 bits per heavy atom. The SMILES string of the molecule is C=CCOC[P+](=O)CCC=O. The molecule has 1 unspecified atom stereocenters. The molecule has 0 spiro atoms. The van der Waals surface area contributed by atoms with Crippen LogP contribution in [0.5, 0.6) is 0 Å². The van der Waals surface area contributed by atoms with Crippen LogP contribution in [0.15, 0.2) is 12.7 Å². The highest BCUT2D eigenvalue weighted by molar-refractivity contribution is 7.44. The molecule has 3 nitrogen and oxygen atoms in total. The van der Waals surface area contributed by atoms with Gasteiger partial charge in [0, 0.05) is 6.42 Å². The first-order valence-electron chi connectivity index (χ1n) is 3.35. The lowest BCUT2D eigenvalue weighted by molar-refractivity contribution is -0.107. The average molecular weight is 175 g/mol. The zero-order chi connectivity index (χ0) is 8.53. The summed E-state index contributed by atoms with van der Waals surface area (Å²) in [7, 11) is -1.35. The molecule has 0 saturated heterocycles. The van der Waals surface area contributed by atoms with Crippen molar-refractivity contribution in [3.63, 3.8) is 0 Å². The molecule has 0 aliphatic carbocycles. The van der Waals surface area contributed by atoms with Gasteiger partial charge in [0.15, 0.2) is 6.16 Å². The molecule has 0 aromatic rings. The van der Waals surface area contributed by atoms with Gasteiger partial charge in [0.25, 0.3) is 0 Å². The summed E-state index contributed by atoms with van der Waals surface area (Å²) in [5.41, 5.74) is 0. The average Bonchev–Trinajstić information content (AvgIpc) is 2.01. The van der Waals surface area contributed by atoms with Crippen LogP contribution in [0.1, 0.15) is 6.42 Å². The number of rotatable bonds is 7. The molecule has 0 N–H and O–H groups in total. The molecular formula is C7H12O3P+. The van der Waals surface area contributed by atoms with E-state index >= 15 is 0 Å². The molecule has 0 aromatic carbocycles. The number of ether oxygens (including phenoxy) is 1. The lowest BCUT2D eigenvalue weighted by atomic mass is 10.6. The second kappa shape index (κ2) is 7.58. The molecule has 0 aliphatic rings. The number of carbonyl (C=O) groups excluding carboxylic acids is 1. The van der Waals surface area contributed by atoms with Crippen LogP contribution in [0.2, 0.25) is 0 Å². The summed E-state index contributed by atoms with van der Waals surface area (Å²) in [6, 6.07) is 0. The van der Waals surface area contributed by atoms with Crippen molar-refractivity contribution in [3.05, 3.63) is 12.7 Å². The largest absolute Gasteiger partial charge is 0.367 e. The van der Waals surface area contributed by atoms with Crippen LogP contribution in [0, 0.1) is 0 Å². The molecule has 0 saturated carbocycles. The summed E-state index contributed by atoms with van der Waals surface area (Å²) in [6.45, 7) is 3.86. The summed E-state index contributed by atoms with van der Waals surface area (Å²) in [5.74, 6) is 0. The fourth-order valence-corrected chi connectivity index (χ4v) is 1.33. The lowest BCUT2D eigenvalue weighted by Crippen LogP contribution is -1.91. The van der Waals surface area contributed by atoms with Crippen molar-refractivity contribution in [2.45, 2.75) is 6.42 Å². The summed E-state index contributed by atoms with van der Waals surface area (Å²) >= 11 is 0. The van der Waals surface area contributed by atoms with E-state index in [0.29, 0.717) is 19.2 Å². The van der Waals surface area contributed by atoms with E-state index in [-0.39, 0.29) is 6.35 Å². The number of carbonyl (C=O) groups is 1. The van der Waals surface area contributed by atoms with E-state index in [0.717, 1.165) is 6.29 Å². The Morgan fingerprint density at radius 2 is 2.27 bits per heavy atom. The van der Waals surface area contributed by atoms with Crippen LogP contribution in [0.25, 0.3) is 0 Å². The van der Waals surface area contributed by atoms with Crippen molar-refractivity contribution >= 4 is 14.1 Å². The summed E-state index contributed by atoms with van der Waals surface area (Å²) in [4.78, 5) is 9.85. The van der Waals surface area contributed by atoms with E-state index in [1.165, 1.54) is 0 Å². The minimum absolute atomic E-state index is 0.231. The van der Waals surface area contributed by atoms with Crippen molar-refractivity contribution in [1.29, 1.82) is 0 Å². The van der Waals surface area contributed by atoms with E-state index in [2.05, 4.69) is 6.58 Å². The van der Waals surface area contributed by atoms with Crippen molar-refractivity contribution in [1.82, 2.24) is 0 Å². The second-order valence-corrected chi connectivity index (χ2v) is 3.62. The van der Waals surface area contributed by atoms with Gasteiger partial charge in [-0.05, 0) is 0 Å². The lowest BCUT2D eigenvalue weighted by Gasteiger charge is -1.88. The Balaban J connectivity index is 3.21. The van der Waals surface area contributed by atoms with Crippen LogP contribution in [0.3, 0.4) is 0 Å². The highest BCUT2D eigenvalue weighted by Gasteiger charge is 2.12. The van der Waals surface area contributed by atoms with Crippen molar-refractivity contribution in [3.8, 4) is 0 Å². The maximum Gasteiger partial charge on any atom is 0.367 e. The predicted octanol–water partition coefficient (Wildman–Crippen LogP) is 1.56. The number of hydrogen-bond donors (Lipinski definition) is 0. The smallest absolute Gasteiger partial charge is 0.333 e. The Morgan fingerprint density at radius 3 is 2.82 bits per heavy atom. The minimum Gasteiger partial charge on any atom is -0.333 e. The highest BCUT2D eigenvalue weighted by atomic mass is 31.1. The van der Waals surface area contributed by atoms with Crippen LogP contribution in [0.4, 0.5) is 0 Å². The standard InChI is InChI=1S/C7H12O3P/c1-2-5-10-7-11(9)6-3-4-8/h2,4H,1,3,5-7H2/q+1. The predicted molar refractivity (Wildman–Crippen MR) is 44.2 cm³/mol. The van der Waals surface area contributed by atoms with Gasteiger partial charge in [0.1, 0.15) is 6.29 Å². The molecule has 4 heteroatoms. The van der Waals surface area contributed by atoms with E-state index < -0.39 is 7.80 Å². The van der Waals surface area contributed by atoms with Crippen molar-refractivity contribution in [2.24, 2.45) is 0 Å². The van der Waals surface area contributed by atoms with E-state index in [9.17, 15) is 9.36 Å². The zero-order valence-corrected chi connectivity index (χ0v) is 7.26. The Hall–Kier alpha value is -0.530. The monoisotopic (exact) mass is 175 g/mol. The van der Waals surface area contributed by atoms with Crippen LogP contribution < -0.4 is 0 Å². The summed E-state index contributed by atoms with van der Waals surface area (Å²) in [5, 5.41) is 0. The number of hydrogen-bond acceptors (Lipinski definition) is 3. The molecule has 11 heavy (non-hydrogen) atoms. The topological polar surface area (TPSA) is 43.4 Å². The summed E-state index contributed by atoms with van der Waals surface area (Å²) < 4.78 is 15.8. The van der Waals surface area contributed by atoms with Crippen molar-refractivity contribution in [2.75, 3.05) is 19.1 Å². The van der Waals surface area contributed by atoms with Gasteiger partial charge >= 0.3 is 7.80 Å². The van der Waals surface area contributed by atoms with Gasteiger partial charge < -0.3 is 9.53 Å². The fraction of sp³-hybridized carbons (Fsp3) is 0.571. The fourth-order valence-electron chi connectivity index (χ4n) is 0.499. The Kier molecular flexibility index (Phi) is 7.21. The van der Waals surface area contributed by atoms with Crippen LogP contribution >= 0.6 is 7.80 Å². The third-order valence-electron chi connectivity index (χ3n) is 0.967. The van der Waals surface area contributed by atoms with Gasteiger partial charge in [-0.15, -0.1) is 6.58 Å². The van der Waals surface area contributed by atoms with E-state index in [1.54, 1.807) is 6.08 Å². The van der Waals surface area contributed by atoms with Gasteiger partial charge in [-0.3, -0.25) is 0 Å². The third kappa shape index (κ3) is 7.37. The minimum atomic E-state index is -1.35.